The second-order valence-corrected chi connectivity index (χ2v) is 11.4. The molecule has 4 atom stereocenters. The van der Waals surface area contributed by atoms with E-state index in [1.807, 2.05) is 46.8 Å². The van der Waals surface area contributed by atoms with Crippen molar-refractivity contribution in [3.05, 3.63) is 29.8 Å². The summed E-state index contributed by atoms with van der Waals surface area (Å²) in [5.74, 6) is -0.322. The fourth-order valence-corrected chi connectivity index (χ4v) is 5.11. The van der Waals surface area contributed by atoms with Gasteiger partial charge in [0.15, 0.2) is 0 Å². The fraction of sp³-hybridized carbons (Fsp3) is 0.679. The van der Waals surface area contributed by atoms with Crippen molar-refractivity contribution in [3.8, 4) is 6.07 Å². The van der Waals surface area contributed by atoms with E-state index < -0.39 is 23.8 Å². The molecule has 0 aromatic heterocycles. The van der Waals surface area contributed by atoms with E-state index in [-0.39, 0.29) is 17.9 Å². The van der Waals surface area contributed by atoms with Crippen LogP contribution in [0.3, 0.4) is 0 Å². The van der Waals surface area contributed by atoms with Crippen LogP contribution < -0.4 is 10.2 Å². The van der Waals surface area contributed by atoms with Crippen molar-refractivity contribution in [2.45, 2.75) is 84.0 Å². The van der Waals surface area contributed by atoms with Crippen LogP contribution in [0.25, 0.3) is 0 Å². The number of nitrogens with zero attached hydrogens (tertiary/aromatic N) is 4. The van der Waals surface area contributed by atoms with Crippen LogP contribution in [0.2, 0.25) is 0 Å². The number of nitrogens with one attached hydrogen (secondary N) is 1. The monoisotopic (exact) mass is 497 g/mol. The molecule has 2 amide bonds. The Morgan fingerprint density at radius 1 is 1.11 bits per heavy atom. The Labute approximate surface area is 216 Å². The average Bonchev–Trinajstić information content (AvgIpc) is 3.03. The highest BCUT2D eigenvalue weighted by molar-refractivity contribution is 5.87. The van der Waals surface area contributed by atoms with E-state index in [9.17, 15) is 14.9 Å². The lowest BCUT2D eigenvalue weighted by Crippen LogP contribution is -2.60. The molecular formula is C28H43N5O3. The average molecular weight is 498 g/mol. The largest absolute Gasteiger partial charge is 0.444 e. The van der Waals surface area contributed by atoms with Gasteiger partial charge in [0.1, 0.15) is 17.7 Å². The molecule has 0 radical (unpaired) electrons. The maximum Gasteiger partial charge on any atom is 0.411 e. The number of likely N-dealkylation sites (N-methyl/N-ethyl adjacent to an activating group) is 1. The minimum absolute atomic E-state index is 0.0278. The second-order valence-electron chi connectivity index (χ2n) is 11.4. The van der Waals surface area contributed by atoms with Crippen LogP contribution in [0.1, 0.15) is 59.4 Å². The van der Waals surface area contributed by atoms with Gasteiger partial charge in [-0.05, 0) is 84.2 Å². The van der Waals surface area contributed by atoms with Gasteiger partial charge in [-0.2, -0.15) is 5.26 Å². The first-order valence-corrected chi connectivity index (χ1v) is 13.2. The second kappa shape index (κ2) is 12.0. The predicted molar refractivity (Wildman–Crippen MR) is 142 cm³/mol. The first kappa shape index (κ1) is 27.8. The molecule has 2 aliphatic heterocycles. The number of nitriles is 1. The van der Waals surface area contributed by atoms with Crippen molar-refractivity contribution in [2.24, 2.45) is 5.92 Å². The Morgan fingerprint density at radius 3 is 2.44 bits per heavy atom. The maximum atomic E-state index is 13.4. The van der Waals surface area contributed by atoms with Crippen LogP contribution in [0.5, 0.6) is 0 Å². The van der Waals surface area contributed by atoms with Crippen molar-refractivity contribution in [1.29, 1.82) is 5.26 Å². The van der Waals surface area contributed by atoms with Crippen molar-refractivity contribution in [3.63, 3.8) is 0 Å². The molecular weight excluding hydrogens is 454 g/mol. The van der Waals surface area contributed by atoms with Gasteiger partial charge in [-0.15, -0.1) is 0 Å². The van der Waals surface area contributed by atoms with E-state index in [0.717, 1.165) is 51.0 Å². The zero-order valence-corrected chi connectivity index (χ0v) is 22.8. The quantitative estimate of drug-likeness (QED) is 0.666. The summed E-state index contributed by atoms with van der Waals surface area (Å²) in [6, 6.07) is 9.07. The predicted octanol–water partition coefficient (Wildman–Crippen LogP) is 3.80. The van der Waals surface area contributed by atoms with Gasteiger partial charge < -0.3 is 19.9 Å². The van der Waals surface area contributed by atoms with Gasteiger partial charge in [-0.25, -0.2) is 4.79 Å². The topological polar surface area (TPSA) is 88.9 Å². The summed E-state index contributed by atoms with van der Waals surface area (Å²) < 4.78 is 5.61. The van der Waals surface area contributed by atoms with Crippen LogP contribution in [0.4, 0.5) is 10.5 Å². The lowest BCUT2D eigenvalue weighted by molar-refractivity contribution is -0.131. The normalized spacial score (nSPS) is 24.4. The summed E-state index contributed by atoms with van der Waals surface area (Å²) in [6.07, 6.45) is 2.72. The molecule has 1 aromatic rings. The van der Waals surface area contributed by atoms with Gasteiger partial charge in [0.2, 0.25) is 5.91 Å². The minimum Gasteiger partial charge on any atom is -0.444 e. The number of benzene rings is 1. The Hall–Kier alpha value is -2.79. The Bertz CT molecular complexity index is 936. The molecule has 2 heterocycles. The van der Waals surface area contributed by atoms with Gasteiger partial charge in [-0.3, -0.25) is 9.69 Å². The Morgan fingerprint density at radius 2 is 1.81 bits per heavy atom. The molecule has 0 saturated carbocycles. The summed E-state index contributed by atoms with van der Waals surface area (Å²) in [7, 11) is 2.16. The number of anilines is 1. The summed E-state index contributed by atoms with van der Waals surface area (Å²) in [6.45, 7) is 13.6. The number of carbonyl (C=O) groups is 2. The van der Waals surface area contributed by atoms with E-state index in [1.54, 1.807) is 4.90 Å². The molecule has 2 saturated heterocycles. The van der Waals surface area contributed by atoms with Crippen molar-refractivity contribution in [2.75, 3.05) is 38.1 Å². The van der Waals surface area contributed by atoms with Gasteiger partial charge in [0.25, 0.3) is 0 Å². The molecule has 0 unspecified atom stereocenters. The fourth-order valence-electron chi connectivity index (χ4n) is 5.11. The third kappa shape index (κ3) is 7.36. The zero-order chi connectivity index (χ0) is 26.5. The number of amides is 2. The molecule has 0 spiro atoms. The highest BCUT2D eigenvalue weighted by Gasteiger charge is 2.42. The number of hydrogen-bond acceptors (Lipinski definition) is 6. The van der Waals surface area contributed by atoms with E-state index >= 15 is 0 Å². The zero-order valence-electron chi connectivity index (χ0n) is 22.8. The van der Waals surface area contributed by atoms with Gasteiger partial charge in [-0.1, -0.05) is 19.1 Å². The SMILES string of the molecule is C[C@@H]1CC[C@H](C)N(C(=O)OC(C)(C)C)[C@@H]1C(=O)N[C@H](C#N)Cc1ccc(N2CCCN(C)CC2)cc1. The number of piperidine rings is 1. The van der Waals surface area contributed by atoms with E-state index in [0.29, 0.717) is 6.42 Å². The summed E-state index contributed by atoms with van der Waals surface area (Å²) in [5.41, 5.74) is 1.53. The van der Waals surface area contributed by atoms with Crippen LogP contribution in [0.15, 0.2) is 24.3 Å². The molecule has 3 rings (SSSR count). The standard InChI is InChI=1S/C28H43N5O3/c1-20-8-9-21(2)33(27(35)36-28(3,4)5)25(20)26(34)30-23(19-29)18-22-10-12-24(13-11-22)32-15-7-14-31(6)16-17-32/h10-13,20-21,23,25H,7-9,14-18H2,1-6H3,(H,30,34)/t20-,21+,23+,25+/m1/s1. The number of rotatable bonds is 5. The summed E-state index contributed by atoms with van der Waals surface area (Å²) >= 11 is 0. The van der Waals surface area contributed by atoms with Crippen molar-refractivity contribution >= 4 is 17.7 Å². The molecule has 0 aliphatic carbocycles. The lowest BCUT2D eigenvalue weighted by atomic mass is 9.86. The number of ether oxygens (including phenoxy) is 1. The molecule has 8 nitrogen and oxygen atoms in total. The van der Waals surface area contributed by atoms with Crippen molar-refractivity contribution < 1.29 is 14.3 Å². The molecule has 198 valence electrons. The van der Waals surface area contributed by atoms with E-state index in [4.69, 9.17) is 4.74 Å². The molecule has 1 N–H and O–H groups in total. The van der Waals surface area contributed by atoms with Crippen molar-refractivity contribution in [1.82, 2.24) is 15.1 Å². The number of carbonyl (C=O) groups excluding carboxylic acids is 2. The highest BCUT2D eigenvalue weighted by Crippen LogP contribution is 2.30. The third-order valence-electron chi connectivity index (χ3n) is 7.16. The molecule has 1 aromatic carbocycles. The maximum absolute atomic E-state index is 13.4. The molecule has 0 bridgehead atoms. The minimum atomic E-state index is -0.680. The van der Waals surface area contributed by atoms with E-state index in [2.05, 4.69) is 40.4 Å². The van der Waals surface area contributed by atoms with Crippen LogP contribution in [-0.2, 0) is 16.0 Å². The van der Waals surface area contributed by atoms with Crippen LogP contribution in [-0.4, -0.2) is 78.8 Å². The molecule has 8 heteroatoms. The highest BCUT2D eigenvalue weighted by atomic mass is 16.6. The smallest absolute Gasteiger partial charge is 0.411 e. The Kier molecular flexibility index (Phi) is 9.24. The summed E-state index contributed by atoms with van der Waals surface area (Å²) in [5, 5.41) is 12.7. The van der Waals surface area contributed by atoms with Gasteiger partial charge >= 0.3 is 6.09 Å². The van der Waals surface area contributed by atoms with Gasteiger partial charge in [0.05, 0.1) is 6.07 Å². The Balaban J connectivity index is 1.66. The number of hydrogen-bond donors (Lipinski definition) is 1. The molecule has 2 fully saturated rings. The van der Waals surface area contributed by atoms with Crippen LogP contribution in [0, 0.1) is 17.2 Å². The molecule has 36 heavy (non-hydrogen) atoms. The molecule has 2 aliphatic rings. The third-order valence-corrected chi connectivity index (χ3v) is 7.16. The van der Waals surface area contributed by atoms with Gasteiger partial charge in [0, 0.05) is 37.8 Å². The number of likely N-dealkylation sites (tertiary alicyclic amines) is 1. The van der Waals surface area contributed by atoms with E-state index in [1.165, 1.54) is 5.69 Å². The van der Waals surface area contributed by atoms with Crippen LogP contribution >= 0.6 is 0 Å². The lowest BCUT2D eigenvalue weighted by Gasteiger charge is -2.43. The first-order valence-electron chi connectivity index (χ1n) is 13.2. The summed E-state index contributed by atoms with van der Waals surface area (Å²) in [4.78, 5) is 32.7. The first-order chi connectivity index (χ1) is 17.0.